The minimum atomic E-state index is 0.0623. The van der Waals surface area contributed by atoms with E-state index >= 15 is 0 Å². The van der Waals surface area contributed by atoms with Gasteiger partial charge in [-0.05, 0) is 91.5 Å². The average Bonchev–Trinajstić information content (AvgIpc) is 3.03. The van der Waals surface area contributed by atoms with Gasteiger partial charge in [0.25, 0.3) is 6.71 Å². The maximum absolute atomic E-state index is 6.72. The number of benzene rings is 7. The number of rotatable bonds is 2. The van der Waals surface area contributed by atoms with Gasteiger partial charge >= 0.3 is 0 Å². The predicted molar refractivity (Wildman–Crippen MR) is 175 cm³/mol. The standard InChI is InChI=1S/C39H25BO2/c1-24-21-35-39-36(22-24)42-34-23-26(19-20-32(34)40(39)31-17-9-10-18-33(31)41-35)38-29-15-7-5-13-27(29)37(25-11-3-2-4-12-25)28-14-6-8-16-30(28)38/h2-23H,1H3. The van der Waals surface area contributed by atoms with Gasteiger partial charge in [0.2, 0.25) is 0 Å². The maximum atomic E-state index is 6.72. The summed E-state index contributed by atoms with van der Waals surface area (Å²) < 4.78 is 13.1. The zero-order chi connectivity index (χ0) is 27.8. The molecule has 0 N–H and O–H groups in total. The zero-order valence-electron chi connectivity index (χ0n) is 23.1. The van der Waals surface area contributed by atoms with E-state index in [1.165, 1.54) is 49.2 Å². The molecule has 0 spiro atoms. The third-order valence-corrected chi connectivity index (χ3v) is 8.81. The van der Waals surface area contributed by atoms with E-state index in [1.807, 2.05) is 6.07 Å². The van der Waals surface area contributed by atoms with Crippen LogP contribution in [0.5, 0.6) is 23.0 Å². The molecule has 7 aromatic rings. The molecular weight excluding hydrogens is 511 g/mol. The van der Waals surface area contributed by atoms with Gasteiger partial charge in [-0.25, -0.2) is 0 Å². The minimum Gasteiger partial charge on any atom is -0.458 e. The Labute approximate surface area is 244 Å². The third kappa shape index (κ3) is 3.34. The highest BCUT2D eigenvalue weighted by Gasteiger charge is 2.40. The highest BCUT2D eigenvalue weighted by atomic mass is 16.5. The molecule has 2 aliphatic rings. The SMILES string of the molecule is Cc1cc2c3c(c1)Oc1cc(-c4c5ccccc5c(-c5ccccc5)c5ccccc45)ccc1B3c1ccccc1O2. The summed E-state index contributed by atoms with van der Waals surface area (Å²) in [7, 11) is 0. The molecule has 0 saturated carbocycles. The van der Waals surface area contributed by atoms with Crippen molar-refractivity contribution in [3.8, 4) is 45.3 Å². The van der Waals surface area contributed by atoms with Crippen LogP contribution in [0, 0.1) is 6.92 Å². The first-order chi connectivity index (χ1) is 20.7. The van der Waals surface area contributed by atoms with Crippen LogP contribution in [0.15, 0.2) is 133 Å². The lowest BCUT2D eigenvalue weighted by molar-refractivity contribution is 0.464. The molecule has 2 heterocycles. The van der Waals surface area contributed by atoms with E-state index in [0.717, 1.165) is 39.6 Å². The van der Waals surface area contributed by atoms with Crippen molar-refractivity contribution >= 4 is 44.6 Å². The second kappa shape index (κ2) is 8.86. The van der Waals surface area contributed by atoms with E-state index in [2.05, 4.69) is 134 Å². The topological polar surface area (TPSA) is 18.5 Å². The van der Waals surface area contributed by atoms with Crippen LogP contribution in [0.3, 0.4) is 0 Å². The van der Waals surface area contributed by atoms with Gasteiger partial charge in [0.05, 0.1) is 0 Å². The van der Waals surface area contributed by atoms with E-state index in [0.29, 0.717) is 0 Å². The first-order valence-electron chi connectivity index (χ1n) is 14.5. The van der Waals surface area contributed by atoms with Gasteiger partial charge in [-0.1, -0.05) is 109 Å². The highest BCUT2D eigenvalue weighted by molar-refractivity contribution is 6.98. The molecule has 42 heavy (non-hydrogen) atoms. The van der Waals surface area contributed by atoms with Gasteiger partial charge in [-0.3, -0.25) is 0 Å². The third-order valence-electron chi connectivity index (χ3n) is 8.81. The molecule has 0 aliphatic carbocycles. The fourth-order valence-electron chi connectivity index (χ4n) is 7.08. The van der Waals surface area contributed by atoms with Crippen molar-refractivity contribution in [2.45, 2.75) is 6.92 Å². The lowest BCUT2D eigenvalue weighted by atomic mass is 9.35. The van der Waals surface area contributed by atoms with E-state index < -0.39 is 0 Å². The maximum Gasteiger partial charge on any atom is 0.260 e. The number of ether oxygens (including phenoxy) is 2. The summed E-state index contributed by atoms with van der Waals surface area (Å²) >= 11 is 0. The second-order valence-corrected chi connectivity index (χ2v) is 11.3. The molecule has 2 nitrogen and oxygen atoms in total. The van der Waals surface area contributed by atoms with Gasteiger partial charge < -0.3 is 9.47 Å². The Bertz CT molecular complexity index is 2160. The summed E-state index contributed by atoms with van der Waals surface area (Å²) in [6.07, 6.45) is 0. The highest BCUT2D eigenvalue weighted by Crippen LogP contribution is 2.44. The van der Waals surface area contributed by atoms with Crippen LogP contribution in [0.1, 0.15) is 5.56 Å². The van der Waals surface area contributed by atoms with E-state index in [1.54, 1.807) is 0 Å². The Hall–Kier alpha value is -5.28. The number of para-hydroxylation sites is 1. The first kappa shape index (κ1) is 23.4. The van der Waals surface area contributed by atoms with Gasteiger partial charge in [0.15, 0.2) is 0 Å². The molecule has 7 aromatic carbocycles. The van der Waals surface area contributed by atoms with Crippen LogP contribution in [0.4, 0.5) is 0 Å². The number of hydrogen-bond acceptors (Lipinski definition) is 2. The first-order valence-corrected chi connectivity index (χ1v) is 14.5. The minimum absolute atomic E-state index is 0.0623. The largest absolute Gasteiger partial charge is 0.458 e. The van der Waals surface area contributed by atoms with Gasteiger partial charge in [0.1, 0.15) is 23.0 Å². The molecule has 0 fully saturated rings. The Morgan fingerprint density at radius 1 is 0.429 bits per heavy atom. The molecule has 9 rings (SSSR count). The molecule has 0 unspecified atom stereocenters. The van der Waals surface area contributed by atoms with Crippen molar-refractivity contribution in [2.75, 3.05) is 0 Å². The van der Waals surface area contributed by atoms with Crippen molar-refractivity contribution in [3.05, 3.63) is 139 Å². The van der Waals surface area contributed by atoms with Crippen molar-refractivity contribution in [2.24, 2.45) is 0 Å². The lowest BCUT2D eigenvalue weighted by Gasteiger charge is -2.33. The smallest absolute Gasteiger partial charge is 0.260 e. The number of fused-ring (bicyclic) bond motifs is 6. The van der Waals surface area contributed by atoms with Crippen LogP contribution in [-0.4, -0.2) is 6.71 Å². The zero-order valence-corrected chi connectivity index (χ0v) is 23.1. The molecular formula is C39H25BO2. The quantitative estimate of drug-likeness (QED) is 0.163. The Balaban J connectivity index is 1.31. The van der Waals surface area contributed by atoms with Gasteiger partial charge in [0, 0.05) is 5.46 Å². The van der Waals surface area contributed by atoms with Gasteiger partial charge in [-0.2, -0.15) is 0 Å². The fraction of sp³-hybridized carbons (Fsp3) is 0.0256. The predicted octanol–water partition coefficient (Wildman–Crippen LogP) is 8.36. The van der Waals surface area contributed by atoms with Crippen molar-refractivity contribution < 1.29 is 9.47 Å². The summed E-state index contributed by atoms with van der Waals surface area (Å²) in [4.78, 5) is 0. The molecule has 0 amide bonds. The molecule has 0 radical (unpaired) electrons. The van der Waals surface area contributed by atoms with Crippen LogP contribution in [0.2, 0.25) is 0 Å². The van der Waals surface area contributed by atoms with Crippen molar-refractivity contribution in [1.29, 1.82) is 0 Å². The average molecular weight is 536 g/mol. The normalized spacial score (nSPS) is 12.7. The van der Waals surface area contributed by atoms with Crippen LogP contribution >= 0.6 is 0 Å². The molecule has 0 saturated heterocycles. The van der Waals surface area contributed by atoms with E-state index in [9.17, 15) is 0 Å². The monoisotopic (exact) mass is 536 g/mol. The summed E-state index contributed by atoms with van der Waals surface area (Å²) in [5, 5.41) is 4.97. The summed E-state index contributed by atoms with van der Waals surface area (Å²) in [5.41, 5.74) is 9.46. The number of aryl methyl sites for hydroxylation is 1. The molecule has 3 heteroatoms. The summed E-state index contributed by atoms with van der Waals surface area (Å²) in [5.74, 6) is 3.58. The number of hydrogen-bond donors (Lipinski definition) is 0. The lowest BCUT2D eigenvalue weighted by Crippen LogP contribution is -2.57. The van der Waals surface area contributed by atoms with Gasteiger partial charge in [-0.15, -0.1) is 0 Å². The molecule has 0 bridgehead atoms. The van der Waals surface area contributed by atoms with Crippen LogP contribution < -0.4 is 25.9 Å². The van der Waals surface area contributed by atoms with E-state index in [4.69, 9.17) is 9.47 Å². The fourth-order valence-corrected chi connectivity index (χ4v) is 7.08. The molecule has 196 valence electrons. The Morgan fingerprint density at radius 3 is 1.62 bits per heavy atom. The van der Waals surface area contributed by atoms with Crippen molar-refractivity contribution in [3.63, 3.8) is 0 Å². The van der Waals surface area contributed by atoms with Crippen molar-refractivity contribution in [1.82, 2.24) is 0 Å². The molecule has 0 aromatic heterocycles. The molecule has 0 atom stereocenters. The van der Waals surface area contributed by atoms with E-state index in [-0.39, 0.29) is 6.71 Å². The Kier molecular flexibility index (Phi) is 4.94. The Morgan fingerprint density at radius 2 is 0.952 bits per heavy atom. The van der Waals surface area contributed by atoms with Crippen LogP contribution in [0.25, 0.3) is 43.8 Å². The second-order valence-electron chi connectivity index (χ2n) is 11.3. The summed E-state index contributed by atoms with van der Waals surface area (Å²) in [6.45, 7) is 2.16. The summed E-state index contributed by atoms with van der Waals surface area (Å²) in [6, 6.07) is 47.7. The van der Waals surface area contributed by atoms with Crippen LogP contribution in [-0.2, 0) is 0 Å². The molecule has 2 aliphatic heterocycles.